The fraction of sp³-hybridized carbons (Fsp3) is 0.273. The van der Waals surface area contributed by atoms with Crippen molar-refractivity contribution < 1.29 is 14.3 Å². The van der Waals surface area contributed by atoms with Gasteiger partial charge in [0.1, 0.15) is 5.82 Å². The molecule has 0 fully saturated rings. The number of aromatic nitrogens is 2. The number of ether oxygens (including phenoxy) is 2. The zero-order chi connectivity index (χ0) is 24.5. The SMILES string of the molecule is COc1cc(C=Nn2c(C(C)(C)C)nc3ccc(Br)cc3c2=O)c(Br)c(Br)c1OCC(N)=O. The number of halogens is 3. The first-order chi connectivity index (χ1) is 15.4. The van der Waals surface area contributed by atoms with Crippen LogP contribution >= 0.6 is 47.8 Å². The molecule has 0 aliphatic rings. The maximum absolute atomic E-state index is 13.3. The standard InChI is InChI=1S/C22H21Br3N4O4/c1-22(2,3)21-28-14-6-5-12(23)8-13(14)20(31)29(21)27-9-11-7-15(32-4)19(18(25)17(11)24)33-10-16(26)30/h5-9H,10H2,1-4H3,(H2,26,30). The van der Waals surface area contributed by atoms with Crippen LogP contribution in [0.1, 0.15) is 32.2 Å². The van der Waals surface area contributed by atoms with Crippen molar-refractivity contribution in [1.29, 1.82) is 0 Å². The highest BCUT2D eigenvalue weighted by Gasteiger charge is 2.23. The van der Waals surface area contributed by atoms with Crippen molar-refractivity contribution in [2.24, 2.45) is 10.8 Å². The maximum Gasteiger partial charge on any atom is 0.282 e. The molecule has 0 aliphatic carbocycles. The van der Waals surface area contributed by atoms with Gasteiger partial charge in [-0.15, -0.1) is 0 Å². The molecule has 2 aromatic carbocycles. The van der Waals surface area contributed by atoms with Crippen LogP contribution in [-0.4, -0.2) is 35.5 Å². The van der Waals surface area contributed by atoms with E-state index in [0.717, 1.165) is 4.47 Å². The molecule has 1 amide bonds. The van der Waals surface area contributed by atoms with E-state index in [2.05, 4.69) is 52.9 Å². The minimum Gasteiger partial charge on any atom is -0.493 e. The Hall–Kier alpha value is -2.24. The lowest BCUT2D eigenvalue weighted by atomic mass is 9.95. The Morgan fingerprint density at radius 2 is 1.91 bits per heavy atom. The van der Waals surface area contributed by atoms with E-state index in [0.29, 0.717) is 42.7 Å². The summed E-state index contributed by atoms with van der Waals surface area (Å²) in [6.45, 7) is 5.58. The number of benzene rings is 2. The van der Waals surface area contributed by atoms with Crippen LogP contribution in [0.2, 0.25) is 0 Å². The summed E-state index contributed by atoms with van der Waals surface area (Å²) in [5.74, 6) is 0.569. The van der Waals surface area contributed by atoms with Crippen molar-refractivity contribution in [3.63, 3.8) is 0 Å². The molecule has 2 N–H and O–H groups in total. The van der Waals surface area contributed by atoms with Crippen molar-refractivity contribution >= 4 is 70.8 Å². The van der Waals surface area contributed by atoms with E-state index in [1.807, 2.05) is 26.8 Å². The van der Waals surface area contributed by atoms with E-state index in [9.17, 15) is 9.59 Å². The monoisotopic (exact) mass is 642 g/mol. The third-order valence-electron chi connectivity index (χ3n) is 4.53. The summed E-state index contributed by atoms with van der Waals surface area (Å²) in [5, 5.41) is 4.93. The average Bonchev–Trinajstić information content (AvgIpc) is 2.74. The number of hydrogen-bond donors (Lipinski definition) is 1. The Bertz CT molecular complexity index is 1330. The zero-order valence-electron chi connectivity index (χ0n) is 18.3. The summed E-state index contributed by atoms with van der Waals surface area (Å²) in [5.41, 5.74) is 5.65. The number of nitrogens with two attached hydrogens (primary N) is 1. The predicted octanol–water partition coefficient (Wildman–Crippen LogP) is 4.74. The molecule has 1 aromatic heterocycles. The number of amides is 1. The highest BCUT2D eigenvalue weighted by atomic mass is 79.9. The van der Waals surface area contributed by atoms with Gasteiger partial charge in [0.25, 0.3) is 11.5 Å². The molecule has 0 radical (unpaired) electrons. The molecule has 0 bridgehead atoms. The van der Waals surface area contributed by atoms with Gasteiger partial charge in [-0.25, -0.2) is 4.98 Å². The van der Waals surface area contributed by atoms with Crippen LogP contribution in [0.25, 0.3) is 10.9 Å². The highest BCUT2D eigenvalue weighted by molar-refractivity contribution is 9.13. The van der Waals surface area contributed by atoms with Gasteiger partial charge in [-0.2, -0.15) is 9.78 Å². The Labute approximate surface area is 215 Å². The van der Waals surface area contributed by atoms with Gasteiger partial charge < -0.3 is 15.2 Å². The molecular formula is C22H21Br3N4O4. The number of nitrogens with zero attached hydrogens (tertiary/aromatic N) is 3. The Morgan fingerprint density at radius 1 is 1.21 bits per heavy atom. The quantitative estimate of drug-likeness (QED) is 0.390. The summed E-state index contributed by atoms with van der Waals surface area (Å²) in [6.07, 6.45) is 1.53. The Morgan fingerprint density at radius 3 is 2.52 bits per heavy atom. The Balaban J connectivity index is 2.18. The van der Waals surface area contributed by atoms with Crippen LogP contribution in [0.3, 0.4) is 0 Å². The summed E-state index contributed by atoms with van der Waals surface area (Å²) < 4.78 is 14.1. The number of carbonyl (C=O) groups excluding carboxylic acids is 1. The van der Waals surface area contributed by atoms with Crippen LogP contribution < -0.4 is 20.8 Å². The molecule has 0 atom stereocenters. The fourth-order valence-electron chi connectivity index (χ4n) is 2.99. The number of fused-ring (bicyclic) bond motifs is 1. The number of rotatable bonds is 6. The maximum atomic E-state index is 13.3. The van der Waals surface area contributed by atoms with Crippen molar-refractivity contribution in [3.8, 4) is 11.5 Å². The summed E-state index contributed by atoms with van der Waals surface area (Å²) in [4.78, 5) is 29.2. The first-order valence-corrected chi connectivity index (χ1v) is 12.1. The van der Waals surface area contributed by atoms with Gasteiger partial charge in [0.2, 0.25) is 0 Å². The second-order valence-electron chi connectivity index (χ2n) is 8.09. The van der Waals surface area contributed by atoms with E-state index in [4.69, 9.17) is 20.2 Å². The molecule has 0 saturated carbocycles. The second-order valence-corrected chi connectivity index (χ2v) is 10.6. The molecule has 11 heteroatoms. The second kappa shape index (κ2) is 9.94. The van der Waals surface area contributed by atoms with Crippen LogP contribution in [0.4, 0.5) is 0 Å². The van der Waals surface area contributed by atoms with Crippen LogP contribution in [0.15, 0.2) is 47.6 Å². The van der Waals surface area contributed by atoms with Gasteiger partial charge >= 0.3 is 0 Å². The van der Waals surface area contributed by atoms with Crippen LogP contribution in [0, 0.1) is 0 Å². The zero-order valence-corrected chi connectivity index (χ0v) is 23.0. The van der Waals surface area contributed by atoms with Gasteiger partial charge in [0.05, 0.1) is 28.7 Å². The molecule has 0 aliphatic heterocycles. The van der Waals surface area contributed by atoms with Crippen LogP contribution in [0.5, 0.6) is 11.5 Å². The molecule has 174 valence electrons. The van der Waals surface area contributed by atoms with Crippen molar-refractivity contribution in [1.82, 2.24) is 9.66 Å². The van der Waals surface area contributed by atoms with Gasteiger partial charge in [-0.3, -0.25) is 9.59 Å². The normalized spacial score (nSPS) is 11.8. The molecule has 3 aromatic rings. The van der Waals surface area contributed by atoms with E-state index in [1.165, 1.54) is 18.0 Å². The minimum absolute atomic E-state index is 0.286. The van der Waals surface area contributed by atoms with Gasteiger partial charge in [-0.05, 0) is 56.1 Å². The smallest absolute Gasteiger partial charge is 0.282 e. The van der Waals surface area contributed by atoms with E-state index in [-0.39, 0.29) is 12.2 Å². The molecule has 8 nitrogen and oxygen atoms in total. The lowest BCUT2D eigenvalue weighted by molar-refractivity contribution is -0.119. The summed E-state index contributed by atoms with van der Waals surface area (Å²) >= 11 is 10.4. The number of hydrogen-bond acceptors (Lipinski definition) is 6. The number of methoxy groups -OCH3 is 1. The van der Waals surface area contributed by atoms with Crippen molar-refractivity contribution in [3.05, 3.63) is 59.4 Å². The molecule has 3 rings (SSSR count). The Kier molecular flexibility index (Phi) is 7.65. The summed E-state index contributed by atoms with van der Waals surface area (Å²) in [7, 11) is 1.47. The molecular weight excluding hydrogens is 624 g/mol. The molecule has 33 heavy (non-hydrogen) atoms. The first-order valence-electron chi connectivity index (χ1n) is 9.68. The van der Waals surface area contributed by atoms with Crippen molar-refractivity contribution in [2.75, 3.05) is 13.7 Å². The highest BCUT2D eigenvalue weighted by Crippen LogP contribution is 2.42. The van der Waals surface area contributed by atoms with E-state index < -0.39 is 11.3 Å². The average molecular weight is 645 g/mol. The van der Waals surface area contributed by atoms with Gasteiger partial charge in [0, 0.05) is 19.9 Å². The lowest BCUT2D eigenvalue weighted by Crippen LogP contribution is -2.29. The lowest BCUT2D eigenvalue weighted by Gasteiger charge is -2.21. The molecule has 0 spiro atoms. The fourth-order valence-corrected chi connectivity index (χ4v) is 4.29. The minimum atomic E-state index is -0.616. The summed E-state index contributed by atoms with van der Waals surface area (Å²) in [6, 6.07) is 7.04. The predicted molar refractivity (Wildman–Crippen MR) is 138 cm³/mol. The van der Waals surface area contributed by atoms with E-state index in [1.54, 1.807) is 18.2 Å². The third kappa shape index (κ3) is 5.47. The van der Waals surface area contributed by atoms with Crippen molar-refractivity contribution in [2.45, 2.75) is 26.2 Å². The molecule has 0 unspecified atom stereocenters. The largest absolute Gasteiger partial charge is 0.493 e. The first kappa shape index (κ1) is 25.4. The number of primary amides is 1. The van der Waals surface area contributed by atoms with E-state index >= 15 is 0 Å². The van der Waals surface area contributed by atoms with Gasteiger partial charge in [0.15, 0.2) is 18.1 Å². The molecule has 1 heterocycles. The number of carbonyl (C=O) groups is 1. The topological polar surface area (TPSA) is 109 Å². The van der Waals surface area contributed by atoms with Gasteiger partial charge in [-0.1, -0.05) is 36.7 Å². The third-order valence-corrected chi connectivity index (χ3v) is 7.16. The molecule has 0 saturated heterocycles. The van der Waals surface area contributed by atoms with Crippen LogP contribution in [-0.2, 0) is 10.2 Å².